The van der Waals surface area contributed by atoms with E-state index in [2.05, 4.69) is 15.6 Å². The first-order valence-electron chi connectivity index (χ1n) is 7.53. The van der Waals surface area contributed by atoms with Crippen molar-refractivity contribution in [1.82, 2.24) is 15.6 Å². The lowest BCUT2D eigenvalue weighted by atomic mass is 10.1. The van der Waals surface area contributed by atoms with E-state index in [0.29, 0.717) is 17.1 Å². The number of nitrogens with zero attached hydrogens (tertiary/aromatic N) is 2. The highest BCUT2D eigenvalue weighted by Crippen LogP contribution is 2.24. The van der Waals surface area contributed by atoms with Gasteiger partial charge in [-0.2, -0.15) is 0 Å². The molecule has 2 heterocycles. The van der Waals surface area contributed by atoms with E-state index in [1.165, 1.54) is 12.1 Å². The van der Waals surface area contributed by atoms with Gasteiger partial charge in [0.2, 0.25) is 5.91 Å². The number of halogens is 2. The second-order valence-electron chi connectivity index (χ2n) is 5.56. The Hall–Kier alpha value is -3.03. The lowest BCUT2D eigenvalue weighted by molar-refractivity contribution is -0.120. The van der Waals surface area contributed by atoms with Crippen molar-refractivity contribution < 1.29 is 22.6 Å². The van der Waals surface area contributed by atoms with E-state index in [9.17, 15) is 13.6 Å². The van der Waals surface area contributed by atoms with Gasteiger partial charge in [0, 0.05) is 17.7 Å². The molecule has 1 N–H and O–H groups in total. The number of carbonyl (C=O) groups is 1. The summed E-state index contributed by atoms with van der Waals surface area (Å²) < 4.78 is 36.8. The first-order chi connectivity index (χ1) is 11.9. The summed E-state index contributed by atoms with van der Waals surface area (Å²) in [4.78, 5) is 12.0. The smallest absolute Gasteiger partial charge is 0.224 e. The van der Waals surface area contributed by atoms with Crippen LogP contribution in [0.15, 0.2) is 33.3 Å². The minimum atomic E-state index is -0.745. The van der Waals surface area contributed by atoms with Crippen LogP contribution in [0.5, 0.6) is 0 Å². The lowest BCUT2D eigenvalue weighted by Gasteiger charge is -2.02. The van der Waals surface area contributed by atoms with Gasteiger partial charge in [-0.3, -0.25) is 4.79 Å². The van der Waals surface area contributed by atoms with Gasteiger partial charge in [0.15, 0.2) is 5.76 Å². The predicted molar refractivity (Wildman–Crippen MR) is 83.4 cm³/mol. The number of amides is 1. The largest absolute Gasteiger partial charge is 0.361 e. The minimum absolute atomic E-state index is 0.0993. The molecule has 1 amide bonds. The third kappa shape index (κ3) is 3.73. The van der Waals surface area contributed by atoms with Crippen LogP contribution in [-0.2, 0) is 17.8 Å². The second-order valence-corrected chi connectivity index (χ2v) is 5.56. The molecule has 1 aromatic carbocycles. The summed E-state index contributed by atoms with van der Waals surface area (Å²) in [7, 11) is 0. The van der Waals surface area contributed by atoms with Gasteiger partial charge in [-0.15, -0.1) is 0 Å². The Labute approximate surface area is 141 Å². The average molecular weight is 347 g/mol. The van der Waals surface area contributed by atoms with Gasteiger partial charge >= 0.3 is 0 Å². The average Bonchev–Trinajstić information content (AvgIpc) is 3.15. The van der Waals surface area contributed by atoms with Crippen molar-refractivity contribution in [3.63, 3.8) is 0 Å². The SMILES string of the molecule is Cc1noc(C)c1CC(=O)NCc1cc(-c2ccc(F)cc2F)on1. The number of aromatic nitrogens is 2. The Morgan fingerprint density at radius 3 is 2.64 bits per heavy atom. The van der Waals surface area contributed by atoms with E-state index in [-0.39, 0.29) is 30.2 Å². The van der Waals surface area contributed by atoms with Gasteiger partial charge in [-0.25, -0.2) is 8.78 Å². The Morgan fingerprint density at radius 1 is 1.16 bits per heavy atom. The number of hydrogen-bond donors (Lipinski definition) is 1. The fraction of sp³-hybridized carbons (Fsp3) is 0.235. The monoisotopic (exact) mass is 347 g/mol. The van der Waals surface area contributed by atoms with Crippen LogP contribution in [0.25, 0.3) is 11.3 Å². The highest BCUT2D eigenvalue weighted by Gasteiger charge is 2.15. The highest BCUT2D eigenvalue weighted by molar-refractivity contribution is 5.79. The van der Waals surface area contributed by atoms with Gasteiger partial charge in [0.05, 0.1) is 24.2 Å². The van der Waals surface area contributed by atoms with Gasteiger partial charge in [0.1, 0.15) is 23.1 Å². The summed E-state index contributed by atoms with van der Waals surface area (Å²) in [5.74, 6) is -0.889. The molecule has 0 atom stereocenters. The van der Waals surface area contributed by atoms with Crippen LogP contribution in [0, 0.1) is 25.5 Å². The molecule has 0 aliphatic rings. The molecule has 6 nitrogen and oxygen atoms in total. The first-order valence-corrected chi connectivity index (χ1v) is 7.53. The standard InChI is InChI=1S/C17H15F2N3O3/c1-9-14(10(2)24-21-9)7-17(23)20-8-12-6-16(25-22-12)13-4-3-11(18)5-15(13)19/h3-6H,7-8H2,1-2H3,(H,20,23). The fourth-order valence-electron chi connectivity index (χ4n) is 2.38. The van der Waals surface area contributed by atoms with Crippen LogP contribution in [0.4, 0.5) is 8.78 Å². The quantitative estimate of drug-likeness (QED) is 0.767. The van der Waals surface area contributed by atoms with Crippen LogP contribution < -0.4 is 5.32 Å². The number of benzene rings is 1. The van der Waals surface area contributed by atoms with Crippen molar-refractivity contribution in [2.45, 2.75) is 26.8 Å². The maximum Gasteiger partial charge on any atom is 0.224 e. The maximum absolute atomic E-state index is 13.7. The van der Waals surface area contributed by atoms with E-state index >= 15 is 0 Å². The van der Waals surface area contributed by atoms with E-state index in [1.54, 1.807) is 13.8 Å². The summed E-state index contributed by atoms with van der Waals surface area (Å²) in [6.07, 6.45) is 0.137. The molecule has 0 radical (unpaired) electrons. The van der Waals surface area contributed by atoms with Crippen LogP contribution in [0.3, 0.4) is 0 Å². The van der Waals surface area contributed by atoms with Crippen molar-refractivity contribution in [2.75, 3.05) is 0 Å². The van der Waals surface area contributed by atoms with Crippen LogP contribution in [-0.4, -0.2) is 16.2 Å². The number of aryl methyl sites for hydroxylation is 2. The first kappa shape index (κ1) is 16.8. The molecule has 0 bridgehead atoms. The van der Waals surface area contributed by atoms with E-state index in [0.717, 1.165) is 17.7 Å². The second kappa shape index (κ2) is 6.84. The summed E-state index contributed by atoms with van der Waals surface area (Å²) >= 11 is 0. The van der Waals surface area contributed by atoms with E-state index in [4.69, 9.17) is 9.05 Å². The number of nitrogens with one attached hydrogen (secondary N) is 1. The normalized spacial score (nSPS) is 10.9. The molecule has 130 valence electrons. The molecule has 8 heteroatoms. The zero-order chi connectivity index (χ0) is 18.0. The zero-order valence-corrected chi connectivity index (χ0v) is 13.6. The van der Waals surface area contributed by atoms with Crippen molar-refractivity contribution in [3.8, 4) is 11.3 Å². The molecule has 0 spiro atoms. The molecule has 2 aromatic heterocycles. The zero-order valence-electron chi connectivity index (χ0n) is 13.6. The number of hydrogen-bond acceptors (Lipinski definition) is 5. The van der Waals surface area contributed by atoms with Crippen LogP contribution in [0.2, 0.25) is 0 Å². The van der Waals surface area contributed by atoms with Crippen LogP contribution >= 0.6 is 0 Å². The molecule has 25 heavy (non-hydrogen) atoms. The Kier molecular flexibility index (Phi) is 4.60. The summed E-state index contributed by atoms with van der Waals surface area (Å²) in [6.45, 7) is 3.62. The third-order valence-electron chi connectivity index (χ3n) is 3.74. The highest BCUT2D eigenvalue weighted by atomic mass is 19.1. The molecule has 3 rings (SSSR count). The van der Waals surface area contributed by atoms with Crippen LogP contribution in [0.1, 0.15) is 22.7 Å². The molecule has 0 aliphatic carbocycles. The summed E-state index contributed by atoms with van der Waals surface area (Å²) in [6, 6.07) is 4.66. The van der Waals surface area contributed by atoms with Gasteiger partial charge in [-0.1, -0.05) is 10.3 Å². The van der Waals surface area contributed by atoms with Gasteiger partial charge in [-0.05, 0) is 26.0 Å². The van der Waals surface area contributed by atoms with Crippen molar-refractivity contribution in [2.24, 2.45) is 0 Å². The Balaban J connectivity index is 1.63. The number of carbonyl (C=O) groups excluding carboxylic acids is 1. The molecular weight excluding hydrogens is 332 g/mol. The molecule has 0 saturated carbocycles. The topological polar surface area (TPSA) is 81.2 Å². The third-order valence-corrected chi connectivity index (χ3v) is 3.74. The molecule has 0 saturated heterocycles. The Bertz CT molecular complexity index is 898. The van der Waals surface area contributed by atoms with Crippen molar-refractivity contribution in [1.29, 1.82) is 0 Å². The molecular formula is C17H15F2N3O3. The molecule has 0 fully saturated rings. The summed E-state index contributed by atoms with van der Waals surface area (Å²) in [5.41, 5.74) is 1.93. The fourth-order valence-corrected chi connectivity index (χ4v) is 2.38. The number of rotatable bonds is 5. The van der Waals surface area contributed by atoms with Crippen molar-refractivity contribution >= 4 is 5.91 Å². The predicted octanol–water partition coefficient (Wildman–Crippen LogP) is 3.08. The molecule has 0 unspecified atom stereocenters. The molecule has 0 aliphatic heterocycles. The van der Waals surface area contributed by atoms with Crippen molar-refractivity contribution in [3.05, 3.63) is 58.6 Å². The Morgan fingerprint density at radius 2 is 1.96 bits per heavy atom. The lowest BCUT2D eigenvalue weighted by Crippen LogP contribution is -2.25. The molecule has 3 aromatic rings. The van der Waals surface area contributed by atoms with Gasteiger partial charge in [0.25, 0.3) is 0 Å². The summed E-state index contributed by atoms with van der Waals surface area (Å²) in [5, 5.41) is 10.3. The maximum atomic E-state index is 13.7. The van der Waals surface area contributed by atoms with E-state index < -0.39 is 11.6 Å². The van der Waals surface area contributed by atoms with E-state index in [1.807, 2.05) is 0 Å². The van der Waals surface area contributed by atoms with Gasteiger partial charge < -0.3 is 14.4 Å². The minimum Gasteiger partial charge on any atom is -0.361 e.